The van der Waals surface area contributed by atoms with Gasteiger partial charge < -0.3 is 9.80 Å². The Kier molecular flexibility index (Phi) is 10.6. The zero-order valence-electron chi connectivity index (χ0n) is 42.6. The van der Waals surface area contributed by atoms with Crippen LogP contribution in [0.25, 0.3) is 51.5 Å². The SMILES string of the molecule is Cc1cccc2c1sc1c(N(c3ccc4c(c3)-c3cc(N(c5ccccc5C(F)(F)F)c5cccc6c5sc5c(C)cccc56)ccc3C43c4ccccc4C(C)(C)c4ccccc43)c3ccccc3C(F)(F)F)cccc12. The molecule has 2 nitrogen and oxygen atoms in total. The van der Waals surface area contributed by atoms with Crippen molar-refractivity contribution in [3.63, 3.8) is 0 Å². The van der Waals surface area contributed by atoms with Gasteiger partial charge in [-0.1, -0.05) is 159 Å². The molecule has 2 aliphatic carbocycles. The highest BCUT2D eigenvalue weighted by molar-refractivity contribution is 7.27. The van der Waals surface area contributed by atoms with Crippen molar-refractivity contribution in [3.05, 3.63) is 262 Å². The summed E-state index contributed by atoms with van der Waals surface area (Å²) in [6, 6.07) is 64.3. The largest absolute Gasteiger partial charge is 0.418 e. The van der Waals surface area contributed by atoms with Gasteiger partial charge in [0.1, 0.15) is 0 Å². The monoisotopic (exact) mass is 1070 g/mol. The Bertz CT molecular complexity index is 4180. The molecule has 1 spiro atoms. The molecule has 0 bridgehead atoms. The summed E-state index contributed by atoms with van der Waals surface area (Å²) in [5.74, 6) is 0. The predicted molar refractivity (Wildman–Crippen MR) is 310 cm³/mol. The van der Waals surface area contributed by atoms with E-state index in [1.807, 2.05) is 98.8 Å². The maximum absolute atomic E-state index is 15.6. The van der Waals surface area contributed by atoms with Crippen LogP contribution in [0.15, 0.2) is 206 Å². The first-order chi connectivity index (χ1) is 37.6. The van der Waals surface area contributed by atoms with Crippen LogP contribution < -0.4 is 9.80 Å². The van der Waals surface area contributed by atoms with Crippen molar-refractivity contribution < 1.29 is 26.3 Å². The molecule has 10 heteroatoms. The number of alkyl halides is 6. The first kappa shape index (κ1) is 48.2. The minimum Gasteiger partial charge on any atom is -0.308 e. The van der Waals surface area contributed by atoms with Crippen molar-refractivity contribution in [3.8, 4) is 11.1 Å². The van der Waals surface area contributed by atoms with Gasteiger partial charge >= 0.3 is 12.4 Å². The van der Waals surface area contributed by atoms with Crippen LogP contribution in [0.4, 0.5) is 60.5 Å². The molecular weight excluding hydrogens is 1020 g/mol. The van der Waals surface area contributed by atoms with Crippen molar-refractivity contribution in [1.29, 1.82) is 0 Å². The lowest BCUT2D eigenvalue weighted by Crippen LogP contribution is -2.40. The second kappa shape index (κ2) is 17.2. The van der Waals surface area contributed by atoms with E-state index in [1.54, 1.807) is 44.6 Å². The first-order valence-electron chi connectivity index (χ1n) is 25.8. The van der Waals surface area contributed by atoms with Crippen LogP contribution in [-0.2, 0) is 23.2 Å². The number of nitrogens with zero attached hydrogens (tertiary/aromatic N) is 2. The lowest BCUT2D eigenvalue weighted by molar-refractivity contribution is -0.137. The minimum absolute atomic E-state index is 0.0370. The molecule has 2 aliphatic rings. The van der Waals surface area contributed by atoms with Gasteiger partial charge in [-0.3, -0.25) is 0 Å². The van der Waals surface area contributed by atoms with Crippen LogP contribution in [0.1, 0.15) is 69.5 Å². The first-order valence-corrected chi connectivity index (χ1v) is 27.4. The normalized spacial score (nSPS) is 14.2. The number of benzene rings is 10. The summed E-state index contributed by atoms with van der Waals surface area (Å²) in [6.45, 7) is 8.56. The fourth-order valence-corrected chi connectivity index (χ4v) is 15.6. The summed E-state index contributed by atoms with van der Waals surface area (Å²) >= 11 is 3.12. The Hall–Kier alpha value is -8.18. The molecule has 0 aliphatic heterocycles. The summed E-state index contributed by atoms with van der Waals surface area (Å²) in [7, 11) is 0. The van der Waals surface area contributed by atoms with Gasteiger partial charge in [-0.25, -0.2) is 0 Å². The van der Waals surface area contributed by atoms with E-state index >= 15 is 26.3 Å². The Morgan fingerprint density at radius 1 is 0.346 bits per heavy atom. The molecule has 0 fully saturated rings. The van der Waals surface area contributed by atoms with Crippen LogP contribution in [-0.4, -0.2) is 0 Å². The van der Waals surface area contributed by atoms with Gasteiger partial charge in [0, 0.05) is 47.7 Å². The molecule has 0 saturated heterocycles. The molecule has 0 radical (unpaired) electrons. The molecule has 12 aromatic rings. The molecule has 0 N–H and O–H groups in total. The van der Waals surface area contributed by atoms with E-state index in [2.05, 4.69) is 86.6 Å². The van der Waals surface area contributed by atoms with E-state index in [9.17, 15) is 0 Å². The lowest BCUT2D eigenvalue weighted by Gasteiger charge is -2.46. The molecule has 0 unspecified atom stereocenters. The Morgan fingerprint density at radius 3 is 1.10 bits per heavy atom. The predicted octanol–water partition coefficient (Wildman–Crippen LogP) is 21.0. The number of hydrogen-bond acceptors (Lipinski definition) is 4. The van der Waals surface area contributed by atoms with Crippen molar-refractivity contribution in [2.24, 2.45) is 0 Å². The number of halogens is 6. The van der Waals surface area contributed by atoms with E-state index < -0.39 is 34.3 Å². The number of fused-ring (bicyclic) bond motifs is 15. The van der Waals surface area contributed by atoms with E-state index in [-0.39, 0.29) is 11.4 Å². The smallest absolute Gasteiger partial charge is 0.308 e. The minimum atomic E-state index is -4.71. The molecule has 0 amide bonds. The van der Waals surface area contributed by atoms with Crippen LogP contribution >= 0.6 is 22.7 Å². The molecule has 14 rings (SSSR count). The highest BCUT2D eigenvalue weighted by Gasteiger charge is 2.54. The third kappa shape index (κ3) is 6.88. The number of hydrogen-bond donors (Lipinski definition) is 0. The second-order valence-corrected chi connectivity index (χ2v) is 23.1. The second-order valence-electron chi connectivity index (χ2n) is 21.0. The van der Waals surface area contributed by atoms with Crippen LogP contribution in [0.2, 0.25) is 0 Å². The third-order valence-corrected chi connectivity index (χ3v) is 19.2. The van der Waals surface area contributed by atoms with Gasteiger partial charge in [-0.15, -0.1) is 22.7 Å². The molecule has 2 aromatic heterocycles. The number of thiophene rings is 2. The van der Waals surface area contributed by atoms with Gasteiger partial charge in [-0.2, -0.15) is 26.3 Å². The molecule has 78 heavy (non-hydrogen) atoms. The topological polar surface area (TPSA) is 6.48 Å². The Labute approximate surface area is 454 Å². The molecule has 10 aromatic carbocycles. The fourth-order valence-electron chi connectivity index (χ4n) is 13.0. The van der Waals surface area contributed by atoms with Crippen LogP contribution in [0.5, 0.6) is 0 Å². The fraction of sp³-hybridized carbons (Fsp3) is 0.118. The van der Waals surface area contributed by atoms with E-state index in [4.69, 9.17) is 0 Å². The van der Waals surface area contributed by atoms with Crippen molar-refractivity contribution >= 4 is 97.1 Å². The van der Waals surface area contributed by atoms with E-state index in [0.29, 0.717) is 22.7 Å². The van der Waals surface area contributed by atoms with Gasteiger partial charge in [0.25, 0.3) is 0 Å². The zero-order valence-corrected chi connectivity index (χ0v) is 44.2. The summed E-state index contributed by atoms with van der Waals surface area (Å²) < 4.78 is 97.1. The average molecular weight is 1070 g/mol. The van der Waals surface area contributed by atoms with Crippen LogP contribution in [0.3, 0.4) is 0 Å². The van der Waals surface area contributed by atoms with Crippen LogP contribution in [0, 0.1) is 13.8 Å². The molecular formula is C68H46F6N2S2. The van der Waals surface area contributed by atoms with Crippen molar-refractivity contribution in [2.45, 2.75) is 50.9 Å². The maximum Gasteiger partial charge on any atom is 0.418 e. The number of anilines is 6. The van der Waals surface area contributed by atoms with E-state index in [1.165, 1.54) is 24.3 Å². The standard InChI is InChI=1S/C68H46F6N2S2/c1-39-17-13-19-43-45-21-15-31-59(63(45)77-61(39)43)75(57-29-11-9-27-55(57)67(69,70)71)41-33-35-49-47(37-41)48-38-42(34-36-50(48)66(49)53-25-7-5-23-51(53)65(3,4)52-24-6-8-26-54(52)66)76(58-30-12-10-28-56(58)68(72,73)74)60-32-16-22-46-44-20-14-18-40(2)62(44)78-64(46)60/h5-38H,1-4H3. The third-order valence-electron chi connectivity index (χ3n) is 16.4. The highest BCUT2D eigenvalue weighted by Crippen LogP contribution is 2.64. The summed E-state index contributed by atoms with van der Waals surface area (Å²) in [5.41, 5.74) is 8.95. The molecule has 2 heterocycles. The van der Waals surface area contributed by atoms with Gasteiger partial charge in [-0.05, 0) is 130 Å². The Morgan fingerprint density at radius 2 is 0.692 bits per heavy atom. The average Bonchev–Trinajstić information content (AvgIpc) is 3.06. The number of para-hydroxylation sites is 2. The van der Waals surface area contributed by atoms with E-state index in [0.717, 1.165) is 108 Å². The van der Waals surface area contributed by atoms with Crippen molar-refractivity contribution in [1.82, 2.24) is 0 Å². The number of aryl methyl sites for hydroxylation is 2. The lowest BCUT2D eigenvalue weighted by atomic mass is 9.55. The highest BCUT2D eigenvalue weighted by atomic mass is 32.1. The van der Waals surface area contributed by atoms with Gasteiger partial charge in [0.2, 0.25) is 0 Å². The van der Waals surface area contributed by atoms with Gasteiger partial charge in [0.05, 0.1) is 48.7 Å². The summed E-state index contributed by atoms with van der Waals surface area (Å²) in [6.07, 6.45) is -9.42. The molecule has 0 atom stereocenters. The van der Waals surface area contributed by atoms with Crippen molar-refractivity contribution in [2.75, 3.05) is 9.80 Å². The Balaban J connectivity index is 1.10. The summed E-state index contributed by atoms with van der Waals surface area (Å²) in [5, 5.41) is 3.91. The summed E-state index contributed by atoms with van der Waals surface area (Å²) in [4.78, 5) is 3.49. The zero-order chi connectivity index (χ0) is 53.6. The maximum atomic E-state index is 15.6. The number of rotatable bonds is 6. The molecule has 382 valence electrons. The molecule has 0 saturated carbocycles. The quantitative estimate of drug-likeness (QED) is 0.153. The van der Waals surface area contributed by atoms with Gasteiger partial charge in [0.15, 0.2) is 0 Å².